The Kier molecular flexibility index (Phi) is 9.26. The van der Waals surface area contributed by atoms with Crippen LogP contribution in [-0.2, 0) is 17.8 Å². The fraction of sp³-hybridized carbons (Fsp3) is 0.471. The van der Waals surface area contributed by atoms with Gasteiger partial charge in [0.25, 0.3) is 0 Å². The number of aryl methyl sites for hydroxylation is 1. The highest BCUT2D eigenvalue weighted by atomic mass is 28.1. The number of halogens is 1. The van der Waals surface area contributed by atoms with Crippen LogP contribution in [0.3, 0.4) is 0 Å². The van der Waals surface area contributed by atoms with Crippen LogP contribution in [0.4, 0.5) is 15.9 Å². The summed E-state index contributed by atoms with van der Waals surface area (Å²) < 4.78 is 20.3. The highest BCUT2D eigenvalue weighted by molar-refractivity contribution is 6.18. The Morgan fingerprint density at radius 1 is 1.22 bits per heavy atom. The molecular weight excluding hydrogens is 602 g/mol. The number of benzene rings is 2. The molecule has 1 aromatic heterocycles. The number of anilines is 2. The summed E-state index contributed by atoms with van der Waals surface area (Å²) in [5.41, 5.74) is 4.25. The van der Waals surface area contributed by atoms with Gasteiger partial charge in [-0.15, -0.1) is 0 Å². The number of nitriles is 1. The van der Waals surface area contributed by atoms with E-state index >= 15 is 0 Å². The summed E-state index contributed by atoms with van der Waals surface area (Å²) in [5.74, 6) is 0.455. The lowest BCUT2D eigenvalue weighted by Crippen LogP contribution is -2.64. The maximum atomic E-state index is 14.1. The van der Waals surface area contributed by atoms with Crippen LogP contribution < -0.4 is 14.5 Å². The van der Waals surface area contributed by atoms with Crippen LogP contribution >= 0.6 is 0 Å². The number of piperazine rings is 1. The molecule has 3 atom stereocenters. The van der Waals surface area contributed by atoms with Gasteiger partial charge in [-0.1, -0.05) is 36.4 Å². The van der Waals surface area contributed by atoms with E-state index in [1.54, 1.807) is 4.90 Å². The third-order valence-corrected chi connectivity index (χ3v) is 9.97. The fourth-order valence-corrected chi connectivity index (χ4v) is 7.50. The predicted molar refractivity (Wildman–Crippen MR) is 176 cm³/mol. The van der Waals surface area contributed by atoms with E-state index in [1.807, 2.05) is 11.9 Å². The second-order valence-corrected chi connectivity index (χ2v) is 13.4. The molecular formula is C34H39FN7O3Si. The van der Waals surface area contributed by atoms with Gasteiger partial charge in [0.1, 0.15) is 18.6 Å². The number of amides is 1. The molecule has 6 rings (SSSR count). The van der Waals surface area contributed by atoms with Crippen LogP contribution in [0.2, 0.25) is 0 Å². The van der Waals surface area contributed by atoms with Crippen LogP contribution in [-0.4, -0.2) is 111 Å². The minimum absolute atomic E-state index is 0.0579. The maximum absolute atomic E-state index is 14.1. The molecule has 2 aromatic carbocycles. The molecule has 4 heterocycles. The molecule has 12 heteroatoms. The number of fused-ring (bicyclic) bond motifs is 2. The first kappa shape index (κ1) is 31.9. The van der Waals surface area contributed by atoms with Crippen molar-refractivity contribution in [1.82, 2.24) is 19.8 Å². The van der Waals surface area contributed by atoms with Crippen LogP contribution in [0.15, 0.2) is 48.6 Å². The summed E-state index contributed by atoms with van der Waals surface area (Å²) in [6.07, 6.45) is 3.02. The van der Waals surface area contributed by atoms with Gasteiger partial charge in [0.2, 0.25) is 5.91 Å². The molecule has 46 heavy (non-hydrogen) atoms. The summed E-state index contributed by atoms with van der Waals surface area (Å²) in [6.45, 7) is 5.03. The first-order valence-electron chi connectivity index (χ1n) is 15.8. The van der Waals surface area contributed by atoms with Crippen molar-refractivity contribution >= 4 is 38.4 Å². The lowest BCUT2D eigenvalue weighted by atomic mass is 9.99. The van der Waals surface area contributed by atoms with Crippen molar-refractivity contribution in [2.24, 2.45) is 0 Å². The number of alkyl halides is 1. The molecule has 0 spiro atoms. The van der Waals surface area contributed by atoms with Crippen LogP contribution in [0.25, 0.3) is 10.8 Å². The molecule has 2 fully saturated rings. The molecule has 0 saturated carbocycles. The van der Waals surface area contributed by atoms with Crippen molar-refractivity contribution in [1.29, 1.82) is 5.26 Å². The average molecular weight is 641 g/mol. The smallest absolute Gasteiger partial charge is 0.318 e. The van der Waals surface area contributed by atoms with Gasteiger partial charge in [-0.3, -0.25) is 9.69 Å². The van der Waals surface area contributed by atoms with Gasteiger partial charge in [0.15, 0.2) is 0 Å². The van der Waals surface area contributed by atoms with Gasteiger partial charge < -0.3 is 24.5 Å². The Bertz CT molecular complexity index is 1680. The van der Waals surface area contributed by atoms with Gasteiger partial charge in [0.05, 0.1) is 46.7 Å². The zero-order valence-electron chi connectivity index (χ0n) is 26.3. The SMILES string of the molecule is Cc1cccc2cccc(N3CCc4c(nc(OC[C@H]5C[C@@H](F)CN5C)nc4N4CCN(C(=O)/C=C/CO)[C@]([Si])(CC#N)C4)C3)c12. The molecule has 1 amide bonds. The number of carbonyl (C=O) groups excluding carboxylic acids is 1. The van der Waals surface area contributed by atoms with E-state index < -0.39 is 11.3 Å². The van der Waals surface area contributed by atoms with Crippen molar-refractivity contribution in [3.05, 3.63) is 65.4 Å². The highest BCUT2D eigenvalue weighted by Crippen LogP contribution is 2.37. The van der Waals surface area contributed by atoms with E-state index in [2.05, 4.69) is 69.4 Å². The van der Waals surface area contributed by atoms with E-state index in [9.17, 15) is 19.6 Å². The van der Waals surface area contributed by atoms with Crippen molar-refractivity contribution in [2.75, 3.05) is 62.8 Å². The second-order valence-electron chi connectivity index (χ2n) is 12.5. The zero-order valence-corrected chi connectivity index (χ0v) is 27.3. The normalized spacial score (nSPS) is 23.6. The van der Waals surface area contributed by atoms with Gasteiger partial charge in [0, 0.05) is 61.5 Å². The number of hydrogen-bond donors (Lipinski definition) is 1. The van der Waals surface area contributed by atoms with E-state index in [0.29, 0.717) is 45.6 Å². The Morgan fingerprint density at radius 3 is 2.76 bits per heavy atom. The predicted octanol–water partition coefficient (Wildman–Crippen LogP) is 2.90. The number of hydrogen-bond acceptors (Lipinski definition) is 9. The molecule has 3 radical (unpaired) electrons. The van der Waals surface area contributed by atoms with Gasteiger partial charge in [-0.25, -0.2) is 4.39 Å². The number of carbonyl (C=O) groups is 1. The number of likely N-dealkylation sites (tertiary alicyclic amines) is 1. The first-order valence-corrected chi connectivity index (χ1v) is 16.3. The second kappa shape index (κ2) is 13.4. The average Bonchev–Trinajstić information content (AvgIpc) is 3.37. The number of rotatable bonds is 8. The number of ether oxygens (including phenoxy) is 1. The van der Waals surface area contributed by atoms with Crippen molar-refractivity contribution in [3.8, 4) is 12.1 Å². The van der Waals surface area contributed by atoms with Crippen molar-refractivity contribution in [2.45, 2.75) is 50.1 Å². The lowest BCUT2D eigenvalue weighted by Gasteiger charge is -2.48. The molecule has 0 aliphatic carbocycles. The Balaban J connectivity index is 1.34. The number of aliphatic hydroxyl groups is 1. The fourth-order valence-electron chi connectivity index (χ4n) is 7.01. The van der Waals surface area contributed by atoms with E-state index in [1.165, 1.54) is 28.5 Å². The molecule has 3 aromatic rings. The molecule has 10 nitrogen and oxygen atoms in total. The largest absolute Gasteiger partial charge is 0.462 e. The van der Waals surface area contributed by atoms with Gasteiger partial charge in [-0.05, 0) is 43.8 Å². The number of likely N-dealkylation sites (N-methyl/N-ethyl adjacent to an activating group) is 1. The highest BCUT2D eigenvalue weighted by Gasteiger charge is 2.41. The Morgan fingerprint density at radius 2 is 2.02 bits per heavy atom. The van der Waals surface area contributed by atoms with E-state index in [-0.39, 0.29) is 37.6 Å². The third-order valence-electron chi connectivity index (χ3n) is 9.36. The molecule has 239 valence electrons. The van der Waals surface area contributed by atoms with E-state index in [0.717, 1.165) is 29.3 Å². The Hall–Kier alpha value is -4.05. The van der Waals surface area contributed by atoms with Crippen LogP contribution in [0, 0.1) is 18.3 Å². The Labute approximate surface area is 272 Å². The summed E-state index contributed by atoms with van der Waals surface area (Å²) >= 11 is 0. The minimum atomic E-state index is -0.966. The van der Waals surface area contributed by atoms with Crippen molar-refractivity contribution < 1.29 is 19.0 Å². The quantitative estimate of drug-likeness (QED) is 0.294. The van der Waals surface area contributed by atoms with E-state index in [4.69, 9.17) is 14.7 Å². The summed E-state index contributed by atoms with van der Waals surface area (Å²) in [6, 6.07) is 15.1. The molecule has 1 N–H and O–H groups in total. The molecule has 0 unspecified atom stereocenters. The third kappa shape index (κ3) is 6.32. The molecule has 2 saturated heterocycles. The number of aliphatic hydroxyl groups excluding tert-OH is 1. The standard InChI is InChI=1S/C34H39FN7O3Si/c1-23-6-3-7-24-8-4-9-29(31(23)24)40-14-11-27-28(20-40)37-33(45-21-26-18-25(35)19-39(26)2)38-32(27)41-15-16-42(30(44)10-5-17-43)34(46,22-41)12-13-36/h3-10,25-26,43H,11-12,14-22H2,1-2H3/b10-5+/t25-,26-,34+/m1/s1. The lowest BCUT2D eigenvalue weighted by molar-refractivity contribution is -0.130. The number of aromatic nitrogens is 2. The summed E-state index contributed by atoms with van der Waals surface area (Å²) in [7, 11) is 5.71. The van der Waals surface area contributed by atoms with Crippen LogP contribution in [0.1, 0.15) is 29.7 Å². The number of nitrogens with zero attached hydrogens (tertiary/aromatic N) is 7. The van der Waals surface area contributed by atoms with Crippen molar-refractivity contribution in [3.63, 3.8) is 0 Å². The first-order chi connectivity index (χ1) is 22.2. The molecule has 0 bridgehead atoms. The topological polar surface area (TPSA) is 109 Å². The van der Waals surface area contributed by atoms with Crippen LogP contribution in [0.5, 0.6) is 6.01 Å². The summed E-state index contributed by atoms with van der Waals surface area (Å²) in [5, 5.41) is 20.4. The van der Waals surface area contributed by atoms with Gasteiger partial charge >= 0.3 is 6.01 Å². The minimum Gasteiger partial charge on any atom is -0.462 e. The zero-order chi connectivity index (χ0) is 32.4. The molecule has 3 aliphatic heterocycles. The summed E-state index contributed by atoms with van der Waals surface area (Å²) in [4.78, 5) is 30.9. The molecule has 3 aliphatic rings. The van der Waals surface area contributed by atoms with Gasteiger partial charge in [-0.2, -0.15) is 15.2 Å². The maximum Gasteiger partial charge on any atom is 0.318 e. The monoisotopic (exact) mass is 640 g/mol.